The maximum atomic E-state index is 12.9. The Kier molecular flexibility index (Phi) is 4.65. The highest BCUT2D eigenvalue weighted by Gasteiger charge is 2.16. The van der Waals surface area contributed by atoms with Crippen molar-refractivity contribution >= 4 is 5.91 Å². The van der Waals surface area contributed by atoms with Crippen molar-refractivity contribution < 1.29 is 9.18 Å². The molecule has 0 spiro atoms. The van der Waals surface area contributed by atoms with Crippen LogP contribution in [0.2, 0.25) is 0 Å². The molecule has 0 aliphatic rings. The smallest absolute Gasteiger partial charge is 0.253 e. The summed E-state index contributed by atoms with van der Waals surface area (Å²) in [7, 11) is 1.75. The molecule has 3 heteroatoms. The lowest BCUT2D eigenvalue weighted by Crippen LogP contribution is -2.26. The third-order valence-electron chi connectivity index (χ3n) is 3.68. The van der Waals surface area contributed by atoms with E-state index in [0.717, 1.165) is 5.56 Å². The van der Waals surface area contributed by atoms with E-state index < -0.39 is 0 Å². The molecule has 0 heterocycles. The van der Waals surface area contributed by atoms with E-state index in [-0.39, 0.29) is 17.1 Å². The lowest BCUT2D eigenvalue weighted by atomic mass is 9.86. The number of carbonyl (C=O) groups excluding carboxylic acids is 1. The van der Waals surface area contributed by atoms with E-state index in [0.29, 0.717) is 12.1 Å². The molecule has 1 amide bonds. The van der Waals surface area contributed by atoms with E-state index in [4.69, 9.17) is 0 Å². The molecular formula is C19H22FNO. The first kappa shape index (κ1) is 16.2. The van der Waals surface area contributed by atoms with E-state index in [9.17, 15) is 9.18 Å². The van der Waals surface area contributed by atoms with Gasteiger partial charge in [-0.25, -0.2) is 4.39 Å². The van der Waals surface area contributed by atoms with Crippen molar-refractivity contribution in [2.24, 2.45) is 0 Å². The summed E-state index contributed by atoms with van der Waals surface area (Å²) in [6, 6.07) is 13.9. The largest absolute Gasteiger partial charge is 0.337 e. The van der Waals surface area contributed by atoms with Gasteiger partial charge in [-0.1, -0.05) is 45.0 Å². The molecule has 0 atom stereocenters. The van der Waals surface area contributed by atoms with Gasteiger partial charge in [0.25, 0.3) is 5.91 Å². The lowest BCUT2D eigenvalue weighted by molar-refractivity contribution is 0.0785. The fourth-order valence-electron chi connectivity index (χ4n) is 2.27. The summed E-state index contributed by atoms with van der Waals surface area (Å²) >= 11 is 0. The number of carbonyl (C=O) groups is 1. The number of rotatable bonds is 3. The SMILES string of the molecule is CN(Cc1ccc(F)cc1)C(=O)c1ccc(C(C)(C)C)cc1. The van der Waals surface area contributed by atoms with Crippen LogP contribution in [-0.4, -0.2) is 17.9 Å². The number of benzene rings is 2. The predicted molar refractivity (Wildman–Crippen MR) is 87.3 cm³/mol. The highest BCUT2D eigenvalue weighted by Crippen LogP contribution is 2.22. The quantitative estimate of drug-likeness (QED) is 0.823. The van der Waals surface area contributed by atoms with Gasteiger partial charge in [0.15, 0.2) is 0 Å². The maximum absolute atomic E-state index is 12.9. The zero-order valence-electron chi connectivity index (χ0n) is 13.6. The minimum absolute atomic E-state index is 0.0372. The summed E-state index contributed by atoms with van der Waals surface area (Å²) in [5.41, 5.74) is 2.84. The summed E-state index contributed by atoms with van der Waals surface area (Å²) in [6.07, 6.45) is 0. The van der Waals surface area contributed by atoms with Gasteiger partial charge in [-0.2, -0.15) is 0 Å². The van der Waals surface area contributed by atoms with Crippen molar-refractivity contribution in [3.63, 3.8) is 0 Å². The molecule has 0 N–H and O–H groups in total. The summed E-state index contributed by atoms with van der Waals surface area (Å²) < 4.78 is 12.9. The molecule has 0 aromatic heterocycles. The minimum Gasteiger partial charge on any atom is -0.337 e. The topological polar surface area (TPSA) is 20.3 Å². The van der Waals surface area contributed by atoms with Gasteiger partial charge in [-0.05, 0) is 40.8 Å². The Morgan fingerprint density at radius 2 is 1.55 bits per heavy atom. The van der Waals surface area contributed by atoms with Crippen molar-refractivity contribution in [3.8, 4) is 0 Å². The van der Waals surface area contributed by atoms with Gasteiger partial charge in [0.2, 0.25) is 0 Å². The molecule has 0 saturated carbocycles. The monoisotopic (exact) mass is 299 g/mol. The molecule has 0 aliphatic heterocycles. The Bertz CT molecular complexity index is 639. The van der Waals surface area contributed by atoms with Gasteiger partial charge < -0.3 is 4.90 Å². The molecule has 0 aliphatic carbocycles. The number of nitrogens with zero attached hydrogens (tertiary/aromatic N) is 1. The van der Waals surface area contributed by atoms with Crippen LogP contribution in [-0.2, 0) is 12.0 Å². The molecule has 2 aromatic carbocycles. The van der Waals surface area contributed by atoms with Crippen LogP contribution in [0.1, 0.15) is 42.3 Å². The average molecular weight is 299 g/mol. The van der Waals surface area contributed by atoms with Crippen LogP contribution in [0.25, 0.3) is 0 Å². The molecule has 0 saturated heterocycles. The van der Waals surface area contributed by atoms with Crippen molar-refractivity contribution in [2.45, 2.75) is 32.7 Å². The molecule has 2 rings (SSSR count). The lowest BCUT2D eigenvalue weighted by Gasteiger charge is -2.20. The van der Waals surface area contributed by atoms with Crippen molar-refractivity contribution in [2.75, 3.05) is 7.05 Å². The fourth-order valence-corrected chi connectivity index (χ4v) is 2.27. The Labute approximate surface area is 131 Å². The standard InChI is InChI=1S/C19H22FNO/c1-19(2,3)16-9-7-15(8-10-16)18(22)21(4)13-14-5-11-17(20)12-6-14/h5-12H,13H2,1-4H3. The summed E-state index contributed by atoms with van der Waals surface area (Å²) in [5, 5.41) is 0. The van der Waals surface area contributed by atoms with E-state index in [1.807, 2.05) is 24.3 Å². The van der Waals surface area contributed by atoms with Crippen LogP contribution in [0.4, 0.5) is 4.39 Å². The molecule has 116 valence electrons. The van der Waals surface area contributed by atoms with E-state index >= 15 is 0 Å². The van der Waals surface area contributed by atoms with Crippen LogP contribution in [0.5, 0.6) is 0 Å². The molecule has 2 nitrogen and oxygen atoms in total. The third-order valence-corrected chi connectivity index (χ3v) is 3.68. The molecule has 0 fully saturated rings. The highest BCUT2D eigenvalue weighted by molar-refractivity contribution is 5.94. The average Bonchev–Trinajstić information content (AvgIpc) is 2.48. The van der Waals surface area contributed by atoms with Gasteiger partial charge >= 0.3 is 0 Å². The van der Waals surface area contributed by atoms with E-state index in [2.05, 4.69) is 20.8 Å². The maximum Gasteiger partial charge on any atom is 0.253 e. The Hall–Kier alpha value is -2.16. The van der Waals surface area contributed by atoms with Crippen molar-refractivity contribution in [3.05, 3.63) is 71.0 Å². The molecule has 22 heavy (non-hydrogen) atoms. The van der Waals surface area contributed by atoms with Crippen LogP contribution in [0.3, 0.4) is 0 Å². The second-order valence-electron chi connectivity index (χ2n) is 6.62. The summed E-state index contributed by atoms with van der Waals surface area (Å²) in [4.78, 5) is 14.1. The minimum atomic E-state index is -0.268. The van der Waals surface area contributed by atoms with Gasteiger partial charge in [-0.15, -0.1) is 0 Å². The summed E-state index contributed by atoms with van der Waals surface area (Å²) in [6.45, 7) is 6.89. The third kappa shape index (κ3) is 3.94. The zero-order valence-corrected chi connectivity index (χ0v) is 13.6. The van der Waals surface area contributed by atoms with Crippen LogP contribution in [0.15, 0.2) is 48.5 Å². The van der Waals surface area contributed by atoms with Crippen LogP contribution < -0.4 is 0 Å². The first-order chi connectivity index (χ1) is 10.3. The van der Waals surface area contributed by atoms with Gasteiger partial charge in [0, 0.05) is 19.2 Å². The Morgan fingerprint density at radius 3 is 2.05 bits per heavy atom. The van der Waals surface area contributed by atoms with Gasteiger partial charge in [0.1, 0.15) is 5.82 Å². The zero-order chi connectivity index (χ0) is 16.3. The molecule has 0 radical (unpaired) electrons. The van der Waals surface area contributed by atoms with Gasteiger partial charge in [0.05, 0.1) is 0 Å². The molecule has 0 bridgehead atoms. The fraction of sp³-hybridized carbons (Fsp3) is 0.316. The van der Waals surface area contributed by atoms with E-state index in [1.54, 1.807) is 24.1 Å². The predicted octanol–water partition coefficient (Wildman–Crippen LogP) is 4.40. The highest BCUT2D eigenvalue weighted by atomic mass is 19.1. The summed E-state index contributed by atoms with van der Waals surface area (Å²) in [5.74, 6) is -0.305. The number of halogens is 1. The second kappa shape index (κ2) is 6.30. The number of amides is 1. The van der Waals surface area contributed by atoms with Crippen LogP contribution >= 0.6 is 0 Å². The first-order valence-corrected chi connectivity index (χ1v) is 7.38. The number of hydrogen-bond acceptors (Lipinski definition) is 1. The Balaban J connectivity index is 2.08. The van der Waals surface area contributed by atoms with Crippen LogP contribution in [0, 0.1) is 5.82 Å². The molecular weight excluding hydrogens is 277 g/mol. The Morgan fingerprint density at radius 1 is 1.00 bits per heavy atom. The van der Waals surface area contributed by atoms with E-state index in [1.165, 1.54) is 17.7 Å². The molecule has 0 unspecified atom stereocenters. The molecule has 2 aromatic rings. The van der Waals surface area contributed by atoms with Crippen molar-refractivity contribution in [1.82, 2.24) is 4.90 Å². The normalized spacial score (nSPS) is 11.3. The second-order valence-corrected chi connectivity index (χ2v) is 6.62. The van der Waals surface area contributed by atoms with Gasteiger partial charge in [-0.3, -0.25) is 4.79 Å². The first-order valence-electron chi connectivity index (χ1n) is 7.38. The number of hydrogen-bond donors (Lipinski definition) is 0. The van der Waals surface area contributed by atoms with Crippen molar-refractivity contribution in [1.29, 1.82) is 0 Å².